The number of fused-ring (bicyclic) bond motifs is 3. The zero-order valence-electron chi connectivity index (χ0n) is 30.7. The molecular formula is C36H53N5O12S. The second-order valence-corrected chi connectivity index (χ2v) is 16.4. The van der Waals surface area contributed by atoms with Crippen molar-refractivity contribution in [1.29, 1.82) is 0 Å². The van der Waals surface area contributed by atoms with Gasteiger partial charge in [0.05, 0.1) is 35.7 Å². The van der Waals surface area contributed by atoms with Crippen molar-refractivity contribution < 1.29 is 56.8 Å². The molecular weight excluding hydrogens is 726 g/mol. The van der Waals surface area contributed by atoms with Crippen LogP contribution in [-0.2, 0) is 33.8 Å². The number of carbonyl (C=O) groups excluding carboxylic acids is 1. The van der Waals surface area contributed by atoms with Crippen LogP contribution in [0.1, 0.15) is 50.2 Å². The van der Waals surface area contributed by atoms with Gasteiger partial charge in [0.15, 0.2) is 12.6 Å². The average molecular weight is 780 g/mol. The van der Waals surface area contributed by atoms with Gasteiger partial charge in [0.25, 0.3) is 10.1 Å². The minimum atomic E-state index is -4.50. The SMILES string of the molecule is CNC(C)[C@H]1CCC(N)[C@@H](O[C@@H]2C(N)C[C@@H](NC(=O)OCC3c4ccccc4-c4ccc(S(=O)(=O)O)cc43)C(O[C@H]3OC[C@](C)(O)C(NC)[C@@H]3O)[C@@H]2O)O1. The molecule has 54 heavy (non-hydrogen) atoms. The maximum Gasteiger partial charge on any atom is 0.407 e. The number of hydrogen-bond acceptors (Lipinski definition) is 15. The number of ether oxygens (including phenoxy) is 5. The smallest absolute Gasteiger partial charge is 0.407 e. The lowest BCUT2D eigenvalue weighted by molar-refractivity contribution is -0.308. The fourth-order valence-electron chi connectivity index (χ4n) is 8.11. The average Bonchev–Trinajstić information content (AvgIpc) is 3.44. The molecule has 6 rings (SSSR count). The van der Waals surface area contributed by atoms with Crippen molar-refractivity contribution in [1.82, 2.24) is 16.0 Å². The minimum absolute atomic E-state index is 0.00227. The van der Waals surface area contributed by atoms with Gasteiger partial charge in [-0.25, -0.2) is 4.79 Å². The molecule has 14 atom stereocenters. The largest absolute Gasteiger partial charge is 0.449 e. The normalized spacial score (nSPS) is 37.2. The standard InChI is InChI=1S/C36H53N5O12S/c1-17(39-3)27-12-11-24(37)33(51-27)52-30-25(38)14-26(31(28(30)42)53-34-29(43)32(40-4)36(2,45)16-50-34)41-35(44)49-15-23-20-8-6-5-7-19(20)21-10-9-18(13-22(21)23)54(46,47)48/h5-10,13,17,23-34,39-40,42-43,45H,11-12,14-16,37-38H2,1-4H3,(H,41,44)(H,46,47,48)/t17?,23?,24?,25?,26-,27-,28-,29+,30-,31?,32?,33-,34-,36+/m1/s1. The molecule has 3 fully saturated rings. The number of nitrogens with one attached hydrogen (secondary N) is 3. The van der Waals surface area contributed by atoms with Crippen LogP contribution in [0.3, 0.4) is 0 Å². The number of benzene rings is 2. The van der Waals surface area contributed by atoms with Crippen molar-refractivity contribution in [2.45, 2.75) is 123 Å². The van der Waals surface area contributed by atoms with E-state index in [1.54, 1.807) is 13.1 Å². The third-order valence-corrected chi connectivity index (χ3v) is 12.1. The number of aliphatic hydroxyl groups is 3. The van der Waals surface area contributed by atoms with E-state index in [0.29, 0.717) is 18.4 Å². The summed E-state index contributed by atoms with van der Waals surface area (Å²) in [5.74, 6) is -0.557. The molecule has 1 saturated carbocycles. The monoisotopic (exact) mass is 779 g/mol. The lowest BCUT2D eigenvalue weighted by atomic mass is 9.83. The highest BCUT2D eigenvalue weighted by atomic mass is 32.2. The molecule has 2 aliphatic carbocycles. The van der Waals surface area contributed by atoms with E-state index in [0.717, 1.165) is 16.7 Å². The van der Waals surface area contributed by atoms with Crippen LogP contribution in [0.5, 0.6) is 0 Å². The number of amides is 1. The predicted octanol–water partition coefficient (Wildman–Crippen LogP) is -0.501. The molecule has 2 heterocycles. The number of carbonyl (C=O) groups is 1. The molecule has 6 unspecified atom stereocenters. The summed E-state index contributed by atoms with van der Waals surface area (Å²) in [5, 5.41) is 42.7. The van der Waals surface area contributed by atoms with E-state index in [2.05, 4.69) is 16.0 Å². The molecule has 2 aliphatic heterocycles. The van der Waals surface area contributed by atoms with Gasteiger partial charge in [0, 0.05) is 18.0 Å². The van der Waals surface area contributed by atoms with Crippen LogP contribution < -0.4 is 27.4 Å². The van der Waals surface area contributed by atoms with Crippen molar-refractivity contribution in [3.63, 3.8) is 0 Å². The quantitative estimate of drug-likeness (QED) is 0.130. The van der Waals surface area contributed by atoms with Gasteiger partial charge in [0.2, 0.25) is 0 Å². The zero-order valence-corrected chi connectivity index (χ0v) is 31.5. The highest BCUT2D eigenvalue weighted by molar-refractivity contribution is 7.85. The van der Waals surface area contributed by atoms with Crippen LogP contribution in [0, 0.1) is 0 Å². The summed E-state index contributed by atoms with van der Waals surface area (Å²) < 4.78 is 63.9. The maximum atomic E-state index is 13.5. The molecule has 4 aliphatic rings. The number of hydrogen-bond donors (Lipinski definition) is 9. The predicted molar refractivity (Wildman–Crippen MR) is 194 cm³/mol. The topological polar surface area (TPSA) is 266 Å². The third kappa shape index (κ3) is 8.31. The van der Waals surface area contributed by atoms with E-state index in [9.17, 15) is 33.1 Å². The van der Waals surface area contributed by atoms with E-state index >= 15 is 0 Å². The molecule has 18 heteroatoms. The van der Waals surface area contributed by atoms with Gasteiger partial charge in [-0.1, -0.05) is 30.3 Å². The first-order chi connectivity index (χ1) is 25.5. The molecule has 300 valence electrons. The summed E-state index contributed by atoms with van der Waals surface area (Å²) in [5.41, 5.74) is 14.5. The molecule has 1 amide bonds. The Morgan fingerprint density at radius 3 is 2.41 bits per heavy atom. The van der Waals surface area contributed by atoms with Crippen molar-refractivity contribution in [3.8, 4) is 11.1 Å². The van der Waals surface area contributed by atoms with Gasteiger partial charge in [-0.3, -0.25) is 4.55 Å². The Morgan fingerprint density at radius 2 is 1.70 bits per heavy atom. The van der Waals surface area contributed by atoms with Crippen LogP contribution in [0.2, 0.25) is 0 Å². The van der Waals surface area contributed by atoms with Crippen LogP contribution in [0.15, 0.2) is 47.4 Å². The summed E-state index contributed by atoms with van der Waals surface area (Å²) >= 11 is 0. The molecule has 17 nitrogen and oxygen atoms in total. The van der Waals surface area contributed by atoms with Crippen molar-refractivity contribution in [3.05, 3.63) is 53.6 Å². The van der Waals surface area contributed by atoms with Gasteiger partial charge in [-0.05, 0) is 81.6 Å². The molecule has 11 N–H and O–H groups in total. The number of likely N-dealkylation sites (N-methyl/N-ethyl adjacent to an activating group) is 2. The Labute approximate surface area is 314 Å². The Kier molecular flexibility index (Phi) is 12.4. The van der Waals surface area contributed by atoms with Crippen LogP contribution in [0.25, 0.3) is 11.1 Å². The Balaban J connectivity index is 1.21. The Bertz CT molecular complexity index is 1750. The lowest BCUT2D eigenvalue weighted by Crippen LogP contribution is -2.69. The van der Waals surface area contributed by atoms with Crippen molar-refractivity contribution in [2.24, 2.45) is 11.5 Å². The first-order valence-electron chi connectivity index (χ1n) is 18.2. The highest BCUT2D eigenvalue weighted by Crippen LogP contribution is 2.45. The fraction of sp³-hybridized carbons (Fsp3) is 0.639. The second kappa shape index (κ2) is 16.3. The molecule has 0 bridgehead atoms. The second-order valence-electron chi connectivity index (χ2n) is 15.0. The van der Waals surface area contributed by atoms with Gasteiger partial charge in [-0.2, -0.15) is 8.42 Å². The molecule has 2 saturated heterocycles. The molecule has 2 aromatic carbocycles. The van der Waals surface area contributed by atoms with Crippen molar-refractivity contribution >= 4 is 16.2 Å². The van der Waals surface area contributed by atoms with Gasteiger partial charge >= 0.3 is 6.09 Å². The number of aliphatic hydroxyl groups excluding tert-OH is 2. The van der Waals surface area contributed by atoms with Crippen LogP contribution in [-0.4, -0.2) is 141 Å². The fourth-order valence-corrected chi connectivity index (χ4v) is 8.63. The Morgan fingerprint density at radius 1 is 1.00 bits per heavy atom. The minimum Gasteiger partial charge on any atom is -0.449 e. The van der Waals surface area contributed by atoms with E-state index in [1.807, 2.05) is 38.2 Å². The van der Waals surface area contributed by atoms with Crippen LogP contribution >= 0.6 is 0 Å². The van der Waals surface area contributed by atoms with E-state index in [1.165, 1.54) is 19.1 Å². The summed E-state index contributed by atoms with van der Waals surface area (Å²) in [4.78, 5) is 13.3. The lowest BCUT2D eigenvalue weighted by Gasteiger charge is -2.49. The maximum absolute atomic E-state index is 13.5. The molecule has 0 spiro atoms. The number of alkyl carbamates (subject to hydrolysis) is 1. The molecule has 0 aromatic heterocycles. The van der Waals surface area contributed by atoms with Crippen LogP contribution in [0.4, 0.5) is 4.79 Å². The summed E-state index contributed by atoms with van der Waals surface area (Å²) in [6.45, 7) is 3.08. The Hall–Kier alpha value is -2.82. The van der Waals surface area contributed by atoms with E-state index in [4.69, 9.17) is 35.2 Å². The van der Waals surface area contributed by atoms with E-state index in [-0.39, 0.29) is 36.7 Å². The van der Waals surface area contributed by atoms with Gasteiger partial charge < -0.3 is 66.4 Å². The summed E-state index contributed by atoms with van der Waals surface area (Å²) in [6.07, 6.45) is -7.20. The highest BCUT2D eigenvalue weighted by Gasteiger charge is 2.52. The third-order valence-electron chi connectivity index (χ3n) is 11.2. The first kappa shape index (κ1) is 40.8. The van der Waals surface area contributed by atoms with Gasteiger partial charge in [0.1, 0.15) is 36.6 Å². The molecule has 2 aromatic rings. The van der Waals surface area contributed by atoms with E-state index < -0.39 is 88.9 Å². The number of nitrogens with two attached hydrogens (primary N) is 2. The summed E-state index contributed by atoms with van der Waals surface area (Å²) in [6, 6.07) is 8.48. The number of rotatable bonds is 11. The summed E-state index contributed by atoms with van der Waals surface area (Å²) in [7, 11) is -1.10. The van der Waals surface area contributed by atoms with Gasteiger partial charge in [-0.15, -0.1) is 0 Å². The molecule has 0 radical (unpaired) electrons. The zero-order chi connectivity index (χ0) is 39.1. The first-order valence-corrected chi connectivity index (χ1v) is 19.6. The van der Waals surface area contributed by atoms with Crippen molar-refractivity contribution in [2.75, 3.05) is 27.3 Å².